The van der Waals surface area contributed by atoms with E-state index in [9.17, 15) is 8.42 Å². The summed E-state index contributed by atoms with van der Waals surface area (Å²) in [5.41, 5.74) is 1.71. The molecule has 0 aliphatic carbocycles. The van der Waals surface area contributed by atoms with Gasteiger partial charge in [-0.15, -0.1) is 15.3 Å². The molecule has 36 heavy (non-hydrogen) atoms. The maximum atomic E-state index is 11.8. The van der Waals surface area contributed by atoms with E-state index in [2.05, 4.69) is 53.1 Å². The third-order valence-corrected chi connectivity index (χ3v) is 6.89. The van der Waals surface area contributed by atoms with E-state index in [1.54, 1.807) is 28.8 Å². The van der Waals surface area contributed by atoms with Crippen molar-refractivity contribution < 1.29 is 12.8 Å². The molecule has 0 radical (unpaired) electrons. The van der Waals surface area contributed by atoms with Crippen molar-refractivity contribution in [3.8, 4) is 40.5 Å². The molecule has 3 aromatic heterocycles. The van der Waals surface area contributed by atoms with E-state index < -0.39 is 9.84 Å². The van der Waals surface area contributed by atoms with Gasteiger partial charge in [0.2, 0.25) is 11.7 Å². The minimum absolute atomic E-state index is 0.0908. The van der Waals surface area contributed by atoms with Crippen LogP contribution in [0.25, 0.3) is 28.7 Å². The fourth-order valence-corrected chi connectivity index (χ4v) is 4.26. The first-order valence-corrected chi connectivity index (χ1v) is 13.3. The number of sulfone groups is 1. The second-order valence-corrected chi connectivity index (χ2v) is 10.8. The maximum Gasteiger partial charge on any atom is 0.294 e. The number of rotatable bonds is 4. The summed E-state index contributed by atoms with van der Waals surface area (Å²) in [4.78, 5) is 4.36. The van der Waals surface area contributed by atoms with Crippen molar-refractivity contribution in [3.05, 3.63) is 88.1 Å². The Hall–Kier alpha value is -3.85. The molecule has 12 heteroatoms. The highest BCUT2D eigenvalue weighted by molar-refractivity contribution is 9.10. The molecule has 5 aromatic rings. The molecule has 0 fully saturated rings. The molecule has 178 valence electrons. The number of benzene rings is 2. The first-order chi connectivity index (χ1) is 17.3. The van der Waals surface area contributed by atoms with Crippen LogP contribution in [0, 0.1) is 11.8 Å². The van der Waals surface area contributed by atoms with Gasteiger partial charge in [-0.25, -0.2) is 8.42 Å². The summed E-state index contributed by atoms with van der Waals surface area (Å²) in [6.45, 7) is 0. The predicted molar refractivity (Wildman–Crippen MR) is 136 cm³/mol. The molecule has 0 unspecified atom stereocenters. The Balaban J connectivity index is 1.56. The molecule has 5 rings (SSSR count). The molecule has 0 bridgehead atoms. The second-order valence-electron chi connectivity index (χ2n) is 7.45. The molecular weight excluding hydrogens is 568 g/mol. The second kappa shape index (κ2) is 9.66. The van der Waals surface area contributed by atoms with Crippen LogP contribution in [0.2, 0.25) is 5.02 Å². The maximum absolute atomic E-state index is 11.8. The van der Waals surface area contributed by atoms with Crippen molar-refractivity contribution in [3.63, 3.8) is 0 Å². The zero-order valence-electron chi connectivity index (χ0n) is 18.4. The lowest BCUT2D eigenvalue weighted by Crippen LogP contribution is -2.03. The van der Waals surface area contributed by atoms with Crippen LogP contribution in [-0.4, -0.2) is 44.6 Å². The number of hydrogen-bond acceptors (Lipinski definition) is 8. The fourth-order valence-electron chi connectivity index (χ4n) is 3.22. The van der Waals surface area contributed by atoms with Gasteiger partial charge < -0.3 is 4.42 Å². The molecule has 0 amide bonds. The molecular formula is C24H14BrClN6O3S. The number of hydrogen-bond donors (Lipinski definition) is 0. The lowest BCUT2D eigenvalue weighted by Gasteiger charge is -2.09. The Morgan fingerprint density at radius 1 is 0.944 bits per heavy atom. The van der Waals surface area contributed by atoms with E-state index in [0.29, 0.717) is 28.1 Å². The lowest BCUT2D eigenvalue weighted by molar-refractivity contribution is 0.554. The van der Waals surface area contributed by atoms with Crippen LogP contribution in [0.15, 0.2) is 80.6 Å². The fraction of sp³-hybridized carbons (Fsp3) is 0.0417. The smallest absolute Gasteiger partial charge is 0.294 e. The average molecular weight is 582 g/mol. The van der Waals surface area contributed by atoms with E-state index in [1.807, 2.05) is 30.3 Å². The lowest BCUT2D eigenvalue weighted by atomic mass is 10.2. The summed E-state index contributed by atoms with van der Waals surface area (Å²) in [7, 11) is -3.40. The van der Waals surface area contributed by atoms with Crippen molar-refractivity contribution in [2.45, 2.75) is 4.90 Å². The van der Waals surface area contributed by atoms with Gasteiger partial charge in [-0.2, -0.15) is 0 Å². The predicted octanol–water partition coefficient (Wildman–Crippen LogP) is 4.60. The molecule has 2 aromatic carbocycles. The Kier molecular flexibility index (Phi) is 6.40. The van der Waals surface area contributed by atoms with E-state index in [-0.39, 0.29) is 16.6 Å². The van der Waals surface area contributed by atoms with E-state index in [4.69, 9.17) is 16.0 Å². The number of aromatic nitrogens is 6. The van der Waals surface area contributed by atoms with Gasteiger partial charge in [0.1, 0.15) is 5.69 Å². The number of para-hydroxylation sites is 1. The van der Waals surface area contributed by atoms with Crippen LogP contribution < -0.4 is 0 Å². The molecule has 9 nitrogen and oxygen atoms in total. The molecule has 3 heterocycles. The number of nitrogens with zero attached hydrogens (tertiary/aromatic N) is 6. The van der Waals surface area contributed by atoms with Crippen molar-refractivity contribution in [2.24, 2.45) is 0 Å². The van der Waals surface area contributed by atoms with Crippen molar-refractivity contribution in [1.29, 1.82) is 0 Å². The minimum Gasteiger partial charge on any atom is -0.410 e. The zero-order valence-corrected chi connectivity index (χ0v) is 21.6. The highest BCUT2D eigenvalue weighted by Crippen LogP contribution is 2.27. The highest BCUT2D eigenvalue weighted by atomic mass is 79.9. The number of pyridine rings is 1. The molecule has 0 spiro atoms. The van der Waals surface area contributed by atoms with Gasteiger partial charge in [-0.1, -0.05) is 44.8 Å². The van der Waals surface area contributed by atoms with Crippen LogP contribution in [0.3, 0.4) is 0 Å². The van der Waals surface area contributed by atoms with Gasteiger partial charge in [0.25, 0.3) is 5.89 Å². The van der Waals surface area contributed by atoms with Gasteiger partial charge in [0.05, 0.1) is 15.6 Å². The first-order valence-electron chi connectivity index (χ1n) is 10.3. The van der Waals surface area contributed by atoms with Gasteiger partial charge in [-0.3, -0.25) is 9.55 Å². The summed E-state index contributed by atoms with van der Waals surface area (Å²) < 4.78 is 31.9. The molecule has 0 N–H and O–H groups in total. The van der Waals surface area contributed by atoms with Crippen LogP contribution in [0.4, 0.5) is 0 Å². The molecule has 0 aliphatic heterocycles. The quantitative estimate of drug-likeness (QED) is 0.283. The molecule has 0 aliphatic rings. The van der Waals surface area contributed by atoms with Gasteiger partial charge in [0, 0.05) is 28.4 Å². The summed E-state index contributed by atoms with van der Waals surface area (Å²) in [5, 5.41) is 16.9. The Bertz CT molecular complexity index is 1740. The monoisotopic (exact) mass is 580 g/mol. The third kappa shape index (κ3) is 4.92. The molecule has 0 atom stereocenters. The van der Waals surface area contributed by atoms with E-state index >= 15 is 0 Å². The van der Waals surface area contributed by atoms with Crippen LogP contribution >= 0.6 is 27.5 Å². The Morgan fingerprint density at radius 2 is 1.72 bits per heavy atom. The van der Waals surface area contributed by atoms with Crippen LogP contribution in [0.5, 0.6) is 0 Å². The van der Waals surface area contributed by atoms with Gasteiger partial charge in [-0.05, 0) is 54.5 Å². The van der Waals surface area contributed by atoms with Crippen molar-refractivity contribution >= 4 is 37.4 Å². The Morgan fingerprint density at radius 3 is 2.42 bits per heavy atom. The number of halogens is 2. The first kappa shape index (κ1) is 23.9. The summed E-state index contributed by atoms with van der Waals surface area (Å²) >= 11 is 9.85. The molecule has 0 saturated carbocycles. The normalized spacial score (nSPS) is 11.2. The minimum atomic E-state index is -3.40. The largest absolute Gasteiger partial charge is 0.410 e. The zero-order chi connectivity index (χ0) is 25.3. The standard InChI is InChI=1S/C24H14BrClN6O3S/c1-36(33,34)17-10-11-19(27-14-17)23-30-28-21(32(23)20-5-3-2-4-18(20)26)12-13-22-29-31-24(35-22)15-6-8-16(25)9-7-15/h2-11,14H,1H3. The highest BCUT2D eigenvalue weighted by Gasteiger charge is 2.18. The van der Waals surface area contributed by atoms with Crippen molar-refractivity contribution in [1.82, 2.24) is 29.9 Å². The topological polar surface area (TPSA) is 117 Å². The van der Waals surface area contributed by atoms with Gasteiger partial charge in [0.15, 0.2) is 15.7 Å². The van der Waals surface area contributed by atoms with Crippen LogP contribution in [0.1, 0.15) is 11.7 Å². The Labute approximate surface area is 219 Å². The van der Waals surface area contributed by atoms with Crippen molar-refractivity contribution in [2.75, 3.05) is 6.26 Å². The van der Waals surface area contributed by atoms with Gasteiger partial charge >= 0.3 is 0 Å². The SMILES string of the molecule is CS(=O)(=O)c1ccc(-c2nnc(C#Cc3nnc(-c4ccc(Br)cc4)o3)n2-c2ccccc2Cl)nc1. The van der Waals surface area contributed by atoms with E-state index in [0.717, 1.165) is 16.3 Å². The molecule has 0 saturated heterocycles. The summed E-state index contributed by atoms with van der Waals surface area (Å²) in [6, 6.07) is 17.5. The average Bonchev–Trinajstić information content (AvgIpc) is 3.50. The summed E-state index contributed by atoms with van der Waals surface area (Å²) in [5.74, 6) is 6.73. The summed E-state index contributed by atoms with van der Waals surface area (Å²) in [6.07, 6.45) is 2.38. The van der Waals surface area contributed by atoms with E-state index in [1.165, 1.54) is 12.3 Å². The third-order valence-electron chi connectivity index (χ3n) is 4.95. The van der Waals surface area contributed by atoms with Crippen LogP contribution in [-0.2, 0) is 9.84 Å².